The van der Waals surface area contributed by atoms with Gasteiger partial charge in [0.15, 0.2) is 0 Å². The molecule has 4 nitrogen and oxygen atoms in total. The fourth-order valence-electron chi connectivity index (χ4n) is 0.525. The predicted molar refractivity (Wildman–Crippen MR) is 36.5 cm³/mol. The van der Waals surface area contributed by atoms with E-state index in [2.05, 4.69) is 0 Å². The number of aliphatic carboxylic acids is 1. The molecule has 4 N–H and O–H groups in total. The van der Waals surface area contributed by atoms with E-state index in [-0.39, 0.29) is 0 Å². The molecular formula is C6H13NO3. The molecule has 60 valence electrons. The second-order valence-corrected chi connectivity index (χ2v) is 2.46. The first-order chi connectivity index (χ1) is 4.46. The molecule has 0 saturated carbocycles. The number of hydrogen-bond acceptors (Lipinski definition) is 3. The maximum Gasteiger partial charge on any atom is 0.320 e. The summed E-state index contributed by atoms with van der Waals surface area (Å²) in [6.45, 7) is 3.12. The summed E-state index contributed by atoms with van der Waals surface area (Å²) in [6, 6.07) is -0.972. The highest BCUT2D eigenvalue weighted by atomic mass is 16.4. The zero-order valence-corrected chi connectivity index (χ0v) is 6.11. The summed E-state index contributed by atoms with van der Waals surface area (Å²) in [7, 11) is 0. The lowest BCUT2D eigenvalue weighted by Crippen LogP contribution is -2.41. The molecule has 0 aromatic carbocycles. The molecule has 0 rings (SSSR count). The van der Waals surface area contributed by atoms with Crippen molar-refractivity contribution in [2.24, 2.45) is 11.7 Å². The highest BCUT2D eigenvalue weighted by molar-refractivity contribution is 5.73. The summed E-state index contributed by atoms with van der Waals surface area (Å²) in [4.78, 5) is 10.2. The largest absolute Gasteiger partial charge is 0.480 e. The van der Waals surface area contributed by atoms with Crippen LogP contribution in [0.25, 0.3) is 0 Å². The third-order valence-electron chi connectivity index (χ3n) is 1.61. The maximum absolute atomic E-state index is 10.2. The number of carboxylic acids is 1. The molecule has 0 fully saturated rings. The van der Waals surface area contributed by atoms with Crippen LogP contribution in [-0.2, 0) is 4.79 Å². The van der Waals surface area contributed by atoms with E-state index in [0.717, 1.165) is 0 Å². The van der Waals surface area contributed by atoms with Crippen LogP contribution < -0.4 is 5.73 Å². The van der Waals surface area contributed by atoms with Crippen LogP contribution in [0, 0.1) is 5.92 Å². The van der Waals surface area contributed by atoms with Gasteiger partial charge >= 0.3 is 5.97 Å². The van der Waals surface area contributed by atoms with E-state index in [0.29, 0.717) is 0 Å². The third kappa shape index (κ3) is 2.33. The number of nitrogens with two attached hydrogens (primary N) is 1. The van der Waals surface area contributed by atoms with Crippen LogP contribution in [0.2, 0.25) is 0 Å². The lowest BCUT2D eigenvalue weighted by molar-refractivity contribution is -0.140. The first-order valence-corrected chi connectivity index (χ1v) is 3.13. The molecular weight excluding hydrogens is 134 g/mol. The molecule has 0 aliphatic carbocycles. The number of aliphatic hydroxyl groups excluding tert-OH is 1. The molecule has 0 aliphatic heterocycles. The molecule has 0 saturated heterocycles. The highest BCUT2D eigenvalue weighted by Gasteiger charge is 2.23. The Balaban J connectivity index is 3.94. The summed E-state index contributed by atoms with van der Waals surface area (Å²) in [5, 5.41) is 17.3. The van der Waals surface area contributed by atoms with Gasteiger partial charge in [-0.25, -0.2) is 0 Å². The molecule has 0 aromatic heterocycles. The van der Waals surface area contributed by atoms with Crippen LogP contribution in [0.1, 0.15) is 13.8 Å². The number of rotatable bonds is 3. The second kappa shape index (κ2) is 3.53. The van der Waals surface area contributed by atoms with Gasteiger partial charge < -0.3 is 15.9 Å². The van der Waals surface area contributed by atoms with Crippen molar-refractivity contribution in [1.29, 1.82) is 0 Å². The predicted octanol–water partition coefficient (Wildman–Crippen LogP) is -0.585. The Morgan fingerprint density at radius 1 is 1.50 bits per heavy atom. The fraction of sp³-hybridized carbons (Fsp3) is 0.833. The standard InChI is InChI=1S/C6H13NO3/c1-3(4(2)8)5(7)6(9)10/h3-5,8H,7H2,1-2H3,(H,9,10)/t3-,4+,5+/m1/s1. The van der Waals surface area contributed by atoms with Gasteiger partial charge in [0.25, 0.3) is 0 Å². The Hall–Kier alpha value is -0.610. The van der Waals surface area contributed by atoms with Gasteiger partial charge in [0, 0.05) is 5.92 Å². The molecule has 0 radical (unpaired) electrons. The maximum atomic E-state index is 10.2. The number of hydrogen-bond donors (Lipinski definition) is 3. The summed E-state index contributed by atoms with van der Waals surface area (Å²) in [5.41, 5.74) is 5.20. The fourth-order valence-corrected chi connectivity index (χ4v) is 0.525. The zero-order valence-electron chi connectivity index (χ0n) is 6.11. The van der Waals surface area contributed by atoms with E-state index >= 15 is 0 Å². The van der Waals surface area contributed by atoms with Gasteiger partial charge in [-0.05, 0) is 6.92 Å². The third-order valence-corrected chi connectivity index (χ3v) is 1.61. The van der Waals surface area contributed by atoms with Crippen molar-refractivity contribution < 1.29 is 15.0 Å². The minimum absolute atomic E-state index is 0.405. The van der Waals surface area contributed by atoms with Crippen LogP contribution in [0.5, 0.6) is 0 Å². The van der Waals surface area contributed by atoms with Gasteiger partial charge in [0.1, 0.15) is 6.04 Å². The van der Waals surface area contributed by atoms with Crippen LogP contribution >= 0.6 is 0 Å². The lowest BCUT2D eigenvalue weighted by atomic mass is 9.98. The Labute approximate surface area is 59.7 Å². The van der Waals surface area contributed by atoms with Gasteiger partial charge in [-0.3, -0.25) is 4.79 Å². The molecule has 0 heterocycles. The first kappa shape index (κ1) is 9.39. The van der Waals surface area contributed by atoms with E-state index in [9.17, 15) is 4.79 Å². The smallest absolute Gasteiger partial charge is 0.320 e. The van der Waals surface area contributed by atoms with Crippen molar-refractivity contribution in [2.45, 2.75) is 26.0 Å². The Bertz CT molecular complexity index is 124. The van der Waals surface area contributed by atoms with Gasteiger partial charge in [-0.1, -0.05) is 6.92 Å². The highest BCUT2D eigenvalue weighted by Crippen LogP contribution is 2.05. The summed E-state index contributed by atoms with van der Waals surface area (Å²) in [5.74, 6) is -1.48. The van der Waals surface area contributed by atoms with Crippen molar-refractivity contribution in [3.05, 3.63) is 0 Å². The van der Waals surface area contributed by atoms with E-state index in [1.54, 1.807) is 6.92 Å². The number of carboxylic acid groups (broad SMARTS) is 1. The lowest BCUT2D eigenvalue weighted by Gasteiger charge is -2.17. The van der Waals surface area contributed by atoms with E-state index in [1.807, 2.05) is 0 Å². The number of carbonyl (C=O) groups is 1. The van der Waals surface area contributed by atoms with Crippen LogP contribution in [0.4, 0.5) is 0 Å². The molecule has 4 heteroatoms. The van der Waals surface area contributed by atoms with Crippen LogP contribution in [0.3, 0.4) is 0 Å². The molecule has 0 aromatic rings. The number of aliphatic hydroxyl groups is 1. The van der Waals surface area contributed by atoms with E-state index in [1.165, 1.54) is 6.92 Å². The molecule has 0 bridgehead atoms. The van der Waals surface area contributed by atoms with Crippen molar-refractivity contribution in [3.8, 4) is 0 Å². The molecule has 0 aliphatic rings. The molecule has 3 atom stereocenters. The first-order valence-electron chi connectivity index (χ1n) is 3.13. The van der Waals surface area contributed by atoms with Crippen molar-refractivity contribution in [1.82, 2.24) is 0 Å². The average Bonchev–Trinajstić information content (AvgIpc) is 1.84. The Kier molecular flexibility index (Phi) is 3.32. The van der Waals surface area contributed by atoms with Crippen molar-refractivity contribution in [2.75, 3.05) is 0 Å². The van der Waals surface area contributed by atoms with Crippen LogP contribution in [0.15, 0.2) is 0 Å². The summed E-state index contributed by atoms with van der Waals surface area (Å²) in [6.07, 6.45) is -0.675. The molecule has 10 heavy (non-hydrogen) atoms. The second-order valence-electron chi connectivity index (χ2n) is 2.46. The summed E-state index contributed by atoms with van der Waals surface area (Å²) >= 11 is 0. The molecule has 0 amide bonds. The zero-order chi connectivity index (χ0) is 8.31. The van der Waals surface area contributed by atoms with Gasteiger partial charge in [0.2, 0.25) is 0 Å². The van der Waals surface area contributed by atoms with Crippen molar-refractivity contribution >= 4 is 5.97 Å². The van der Waals surface area contributed by atoms with Gasteiger partial charge in [0.05, 0.1) is 6.10 Å². The normalized spacial score (nSPS) is 19.6. The summed E-state index contributed by atoms with van der Waals surface area (Å²) < 4.78 is 0. The SMILES string of the molecule is C[C@H]([C@H](C)O)[C@H](N)C(=O)O. The monoisotopic (exact) mass is 147 g/mol. The molecule has 0 spiro atoms. The van der Waals surface area contributed by atoms with Gasteiger partial charge in [-0.2, -0.15) is 0 Å². The minimum atomic E-state index is -1.08. The van der Waals surface area contributed by atoms with Gasteiger partial charge in [-0.15, -0.1) is 0 Å². The van der Waals surface area contributed by atoms with Crippen LogP contribution in [-0.4, -0.2) is 28.3 Å². The van der Waals surface area contributed by atoms with E-state index < -0.39 is 24.0 Å². The Morgan fingerprint density at radius 2 is 1.90 bits per heavy atom. The quantitative estimate of drug-likeness (QED) is 0.498. The van der Waals surface area contributed by atoms with Crippen molar-refractivity contribution in [3.63, 3.8) is 0 Å². The molecule has 0 unspecified atom stereocenters. The average molecular weight is 147 g/mol. The minimum Gasteiger partial charge on any atom is -0.480 e. The van der Waals surface area contributed by atoms with E-state index in [4.69, 9.17) is 15.9 Å². The Morgan fingerprint density at radius 3 is 2.00 bits per heavy atom. The topological polar surface area (TPSA) is 83.5 Å².